The molecule has 37 heavy (non-hydrogen) atoms. The van der Waals surface area contributed by atoms with Crippen molar-refractivity contribution in [2.45, 2.75) is 83.2 Å². The Labute approximate surface area is 233 Å². The van der Waals surface area contributed by atoms with Gasteiger partial charge in [0.15, 0.2) is 0 Å². The SMILES string of the molecule is CC(C)(C)[Si](C)(C)c1cc2c(s1)C1(c3ccccc3-c3ccccc31)c1sc([Si](C)(C)C(C)(C)C)cc1-2. The molecule has 0 saturated heterocycles. The smallest absolute Gasteiger partial charge is 0.0987 e. The van der Waals surface area contributed by atoms with E-state index in [9.17, 15) is 0 Å². The third-order valence-corrected chi connectivity index (χ3v) is 26.4. The predicted molar refractivity (Wildman–Crippen MR) is 172 cm³/mol. The predicted octanol–water partition coefficient (Wildman–Crippen LogP) is 9.58. The maximum absolute atomic E-state index is 2.64. The van der Waals surface area contributed by atoms with Crippen molar-refractivity contribution in [2.24, 2.45) is 0 Å². The monoisotopic (exact) mass is 556 g/mol. The standard InChI is InChI=1S/C33H40S2Si2/c1-31(2,3)36(7,8)27-19-23-24-20-28(37(9,10)32(4,5)6)35-30(24)33(29(23)34-27)25-17-13-11-15-21(25)22-16-12-14-18-26(22)33/h11-20H,1-10H3. The van der Waals surface area contributed by atoms with Crippen LogP contribution >= 0.6 is 22.7 Å². The molecular formula is C33H40S2Si2. The van der Waals surface area contributed by atoms with Crippen LogP contribution in [0.25, 0.3) is 22.3 Å². The zero-order valence-corrected chi connectivity index (χ0v) is 27.7. The summed E-state index contributed by atoms with van der Waals surface area (Å²) in [4.78, 5) is 3.15. The third-order valence-electron chi connectivity index (χ3n) is 10.4. The molecule has 6 rings (SSSR count). The second-order valence-electron chi connectivity index (χ2n) is 14.3. The fraction of sp³-hybridized carbons (Fsp3) is 0.394. The maximum Gasteiger partial charge on any atom is 0.0987 e. The number of benzene rings is 2. The van der Waals surface area contributed by atoms with Crippen molar-refractivity contribution in [3.63, 3.8) is 0 Å². The van der Waals surface area contributed by atoms with Gasteiger partial charge in [0.05, 0.1) is 21.6 Å². The Hall–Kier alpha value is -1.73. The van der Waals surface area contributed by atoms with Crippen molar-refractivity contribution >= 4 is 47.8 Å². The van der Waals surface area contributed by atoms with Crippen LogP contribution in [0.15, 0.2) is 60.7 Å². The van der Waals surface area contributed by atoms with E-state index in [1.54, 1.807) is 18.8 Å². The van der Waals surface area contributed by atoms with Gasteiger partial charge in [0.2, 0.25) is 0 Å². The molecule has 0 aliphatic heterocycles. The largest absolute Gasteiger partial charge is 0.148 e. The molecule has 0 nitrogen and oxygen atoms in total. The van der Waals surface area contributed by atoms with Crippen LogP contribution in [0.1, 0.15) is 62.4 Å². The van der Waals surface area contributed by atoms with Gasteiger partial charge in [-0.05, 0) is 64.6 Å². The Morgan fingerprint density at radius 3 is 1.24 bits per heavy atom. The summed E-state index contributed by atoms with van der Waals surface area (Å²) < 4.78 is 3.30. The van der Waals surface area contributed by atoms with Crippen LogP contribution in [0.3, 0.4) is 0 Å². The average Bonchev–Trinajstić information content (AvgIpc) is 3.54. The van der Waals surface area contributed by atoms with Crippen molar-refractivity contribution in [1.82, 2.24) is 0 Å². The van der Waals surface area contributed by atoms with Crippen LogP contribution in [-0.4, -0.2) is 16.1 Å². The first kappa shape index (κ1) is 25.5. The van der Waals surface area contributed by atoms with Crippen LogP contribution in [-0.2, 0) is 5.41 Å². The lowest BCUT2D eigenvalue weighted by molar-refractivity contribution is 0.730. The van der Waals surface area contributed by atoms with Gasteiger partial charge in [-0.1, -0.05) is 116 Å². The molecule has 0 N–H and O–H groups in total. The van der Waals surface area contributed by atoms with E-state index in [2.05, 4.69) is 151 Å². The number of rotatable bonds is 2. The second-order valence-corrected chi connectivity index (χ2v) is 27.7. The number of hydrogen-bond donors (Lipinski definition) is 0. The molecule has 2 aliphatic carbocycles. The van der Waals surface area contributed by atoms with Gasteiger partial charge in [-0.2, -0.15) is 0 Å². The fourth-order valence-electron chi connectivity index (χ4n) is 5.92. The van der Waals surface area contributed by atoms with Crippen LogP contribution in [0.5, 0.6) is 0 Å². The molecule has 192 valence electrons. The molecular weight excluding hydrogens is 517 g/mol. The lowest BCUT2D eigenvalue weighted by atomic mass is 9.78. The minimum absolute atomic E-state index is 0.172. The molecule has 0 fully saturated rings. The molecule has 0 radical (unpaired) electrons. The Balaban J connectivity index is 1.73. The van der Waals surface area contributed by atoms with E-state index in [-0.39, 0.29) is 5.41 Å². The maximum atomic E-state index is 2.64. The molecule has 0 amide bonds. The zero-order valence-electron chi connectivity index (χ0n) is 24.1. The minimum Gasteiger partial charge on any atom is -0.148 e. The molecule has 0 bridgehead atoms. The Morgan fingerprint density at radius 2 is 0.892 bits per heavy atom. The summed E-state index contributed by atoms with van der Waals surface area (Å²) >= 11 is 4.28. The van der Waals surface area contributed by atoms with Gasteiger partial charge in [-0.15, -0.1) is 22.7 Å². The van der Waals surface area contributed by atoms with Crippen molar-refractivity contribution in [3.8, 4) is 22.3 Å². The summed E-state index contributed by atoms with van der Waals surface area (Å²) in [5.74, 6) is 0. The van der Waals surface area contributed by atoms with Gasteiger partial charge in [0.1, 0.15) is 0 Å². The van der Waals surface area contributed by atoms with Crippen LogP contribution < -0.4 is 9.00 Å². The first-order chi connectivity index (χ1) is 17.1. The molecule has 0 saturated carbocycles. The van der Waals surface area contributed by atoms with E-state index in [0.717, 1.165) is 0 Å². The molecule has 2 aliphatic rings. The summed E-state index contributed by atoms with van der Waals surface area (Å²) in [6.45, 7) is 25.0. The second kappa shape index (κ2) is 7.68. The number of thiophene rings is 2. The summed E-state index contributed by atoms with van der Waals surface area (Å²) in [5, 5.41) is 0.627. The van der Waals surface area contributed by atoms with Crippen molar-refractivity contribution < 1.29 is 0 Å². The Kier molecular flexibility index (Phi) is 5.31. The first-order valence-electron chi connectivity index (χ1n) is 13.6. The number of fused-ring (bicyclic) bond motifs is 10. The molecule has 1 spiro atoms. The van der Waals surface area contributed by atoms with Gasteiger partial charge in [0, 0.05) is 9.75 Å². The van der Waals surface area contributed by atoms with Crippen molar-refractivity contribution in [2.75, 3.05) is 0 Å². The van der Waals surface area contributed by atoms with E-state index in [1.165, 1.54) is 33.4 Å². The Bertz CT molecular complexity index is 1430. The van der Waals surface area contributed by atoms with Crippen LogP contribution in [0.4, 0.5) is 0 Å². The molecule has 0 atom stereocenters. The van der Waals surface area contributed by atoms with E-state index in [0.29, 0.717) is 10.1 Å². The minimum atomic E-state index is -1.68. The average molecular weight is 557 g/mol. The van der Waals surface area contributed by atoms with Gasteiger partial charge >= 0.3 is 0 Å². The van der Waals surface area contributed by atoms with Gasteiger partial charge in [-0.3, -0.25) is 0 Å². The quantitative estimate of drug-likeness (QED) is 0.186. The van der Waals surface area contributed by atoms with Crippen molar-refractivity contribution in [3.05, 3.63) is 81.5 Å². The molecule has 4 heteroatoms. The molecule has 2 heterocycles. The fourth-order valence-corrected chi connectivity index (χ4v) is 15.3. The lowest BCUT2D eigenvalue weighted by Gasteiger charge is -2.36. The van der Waals surface area contributed by atoms with Crippen LogP contribution in [0.2, 0.25) is 36.3 Å². The highest BCUT2D eigenvalue weighted by Crippen LogP contribution is 2.65. The van der Waals surface area contributed by atoms with Gasteiger partial charge in [0.25, 0.3) is 0 Å². The van der Waals surface area contributed by atoms with E-state index in [1.807, 2.05) is 0 Å². The van der Waals surface area contributed by atoms with Gasteiger partial charge in [-0.25, -0.2) is 0 Å². The highest BCUT2D eigenvalue weighted by Gasteiger charge is 2.56. The first-order valence-corrected chi connectivity index (χ1v) is 21.3. The zero-order chi connectivity index (χ0) is 26.8. The summed E-state index contributed by atoms with van der Waals surface area (Å²) in [5.41, 5.74) is 8.68. The van der Waals surface area contributed by atoms with Crippen molar-refractivity contribution in [1.29, 1.82) is 0 Å². The molecule has 4 aromatic rings. The van der Waals surface area contributed by atoms with Gasteiger partial charge < -0.3 is 0 Å². The Morgan fingerprint density at radius 1 is 0.541 bits per heavy atom. The normalized spacial score (nSPS) is 16.1. The van der Waals surface area contributed by atoms with Crippen LogP contribution in [0, 0.1) is 0 Å². The van der Waals surface area contributed by atoms with E-state index >= 15 is 0 Å². The topological polar surface area (TPSA) is 0 Å². The summed E-state index contributed by atoms with van der Waals surface area (Å²) in [6, 6.07) is 23.8. The molecule has 2 aromatic carbocycles. The highest BCUT2D eigenvalue weighted by atomic mass is 32.1. The molecule has 2 aromatic heterocycles. The molecule has 0 unspecified atom stereocenters. The van der Waals surface area contributed by atoms with E-state index < -0.39 is 16.1 Å². The summed E-state index contributed by atoms with van der Waals surface area (Å²) in [6.07, 6.45) is 0. The van der Waals surface area contributed by atoms with E-state index in [4.69, 9.17) is 0 Å². The highest BCUT2D eigenvalue weighted by molar-refractivity contribution is 7.29. The number of hydrogen-bond acceptors (Lipinski definition) is 2. The summed E-state index contributed by atoms with van der Waals surface area (Å²) in [7, 11) is -3.35. The third kappa shape index (κ3) is 3.16. The lowest BCUT2D eigenvalue weighted by Crippen LogP contribution is -2.48.